The molecular formula is C22H16BrN5O6. The average Bonchev–Trinajstić information content (AvgIpc) is 2.81. The molecular weight excluding hydrogens is 510 g/mol. The highest BCUT2D eigenvalue weighted by atomic mass is 79.9. The van der Waals surface area contributed by atoms with Gasteiger partial charge in [-0.2, -0.15) is 5.10 Å². The van der Waals surface area contributed by atoms with Crippen LogP contribution in [-0.4, -0.2) is 32.4 Å². The molecule has 0 aliphatic rings. The van der Waals surface area contributed by atoms with E-state index in [-0.39, 0.29) is 11.6 Å². The Morgan fingerprint density at radius 3 is 2.74 bits per heavy atom. The zero-order valence-corrected chi connectivity index (χ0v) is 19.2. The third kappa shape index (κ3) is 4.71. The first-order valence-electron chi connectivity index (χ1n) is 9.90. The lowest BCUT2D eigenvalue weighted by Crippen LogP contribution is -2.32. The van der Waals surface area contributed by atoms with E-state index >= 15 is 0 Å². The molecule has 0 atom stereocenters. The number of hydrogen-bond acceptors (Lipinski definition) is 8. The Balaban J connectivity index is 1.68. The van der Waals surface area contributed by atoms with Gasteiger partial charge in [0, 0.05) is 12.1 Å². The second-order valence-electron chi connectivity index (χ2n) is 6.81. The second kappa shape index (κ2) is 9.67. The van der Waals surface area contributed by atoms with E-state index in [2.05, 4.69) is 31.0 Å². The van der Waals surface area contributed by atoms with Crippen molar-refractivity contribution in [1.82, 2.24) is 14.6 Å². The lowest BCUT2D eigenvalue weighted by Gasteiger charge is -2.13. The van der Waals surface area contributed by atoms with Gasteiger partial charge in [0.1, 0.15) is 6.20 Å². The van der Waals surface area contributed by atoms with Crippen LogP contribution >= 0.6 is 15.9 Å². The number of ether oxygens (including phenoxy) is 2. The molecule has 0 aliphatic heterocycles. The van der Waals surface area contributed by atoms with Crippen LogP contribution in [0.3, 0.4) is 0 Å². The van der Waals surface area contributed by atoms with Crippen molar-refractivity contribution in [3.05, 3.63) is 95.7 Å². The van der Waals surface area contributed by atoms with Gasteiger partial charge in [-0.05, 0) is 52.7 Å². The first kappa shape index (κ1) is 22.9. The Bertz CT molecular complexity index is 1530. The maximum atomic E-state index is 12.7. The molecule has 0 spiro atoms. The van der Waals surface area contributed by atoms with Crippen LogP contribution in [0.2, 0.25) is 0 Å². The molecule has 11 nitrogen and oxygen atoms in total. The van der Waals surface area contributed by atoms with Crippen LogP contribution in [0.1, 0.15) is 12.5 Å². The van der Waals surface area contributed by atoms with E-state index in [1.807, 2.05) is 0 Å². The lowest BCUT2D eigenvalue weighted by atomic mass is 10.2. The fraction of sp³-hybridized carbons (Fsp3) is 0.0909. The van der Waals surface area contributed by atoms with E-state index in [0.29, 0.717) is 39.0 Å². The largest absolute Gasteiger partial charge is 0.490 e. The van der Waals surface area contributed by atoms with Gasteiger partial charge in [-0.25, -0.2) is 9.78 Å². The quantitative estimate of drug-likeness (QED) is 0.219. The summed E-state index contributed by atoms with van der Waals surface area (Å²) in [6.45, 7) is 2.11. The number of para-hydroxylation sites is 1. The van der Waals surface area contributed by atoms with Crippen molar-refractivity contribution in [2.24, 2.45) is 5.10 Å². The number of nitro groups is 1. The monoisotopic (exact) mass is 525 g/mol. The summed E-state index contributed by atoms with van der Waals surface area (Å²) in [7, 11) is 0. The van der Waals surface area contributed by atoms with Gasteiger partial charge in [0.05, 0.1) is 33.1 Å². The van der Waals surface area contributed by atoms with E-state index in [1.165, 1.54) is 18.3 Å². The number of hydrogen-bond donors (Lipinski definition) is 1. The maximum Gasteiger partial charge on any atom is 0.349 e. The van der Waals surface area contributed by atoms with Crippen LogP contribution in [0.15, 0.2) is 73.9 Å². The standard InChI is InChI=1S/C22H16BrN5O6/c1-2-33-18-10-13(9-16(23)20(18)34-19-8-7-14(12-24-19)28(31)32)11-25-27-21(29)15-5-3-4-6-17(15)26-22(27)30/h3-12H,2H2,1H3,(H,26,30). The van der Waals surface area contributed by atoms with Gasteiger partial charge in [-0.3, -0.25) is 14.9 Å². The molecule has 0 aliphatic carbocycles. The average molecular weight is 526 g/mol. The van der Waals surface area contributed by atoms with Crippen LogP contribution in [0.4, 0.5) is 5.69 Å². The molecule has 1 N–H and O–H groups in total. The molecule has 0 fully saturated rings. The number of pyridine rings is 1. The van der Waals surface area contributed by atoms with Gasteiger partial charge in [0.25, 0.3) is 11.2 Å². The molecule has 0 saturated heterocycles. The topological polar surface area (TPSA) is 142 Å². The van der Waals surface area contributed by atoms with Gasteiger partial charge in [-0.1, -0.05) is 12.1 Å². The van der Waals surface area contributed by atoms with Crippen molar-refractivity contribution in [1.29, 1.82) is 0 Å². The highest BCUT2D eigenvalue weighted by Crippen LogP contribution is 2.39. The zero-order chi connectivity index (χ0) is 24.2. The van der Waals surface area contributed by atoms with Gasteiger partial charge >= 0.3 is 5.69 Å². The second-order valence-corrected chi connectivity index (χ2v) is 7.67. The molecule has 4 rings (SSSR count). The third-order valence-electron chi connectivity index (χ3n) is 4.58. The predicted octanol–water partition coefficient (Wildman–Crippen LogP) is 3.83. The molecule has 0 amide bonds. The van der Waals surface area contributed by atoms with Crippen molar-refractivity contribution in [2.45, 2.75) is 6.92 Å². The number of benzene rings is 2. The van der Waals surface area contributed by atoms with Gasteiger partial charge < -0.3 is 14.5 Å². The number of aromatic amines is 1. The molecule has 34 heavy (non-hydrogen) atoms. The summed E-state index contributed by atoms with van der Waals surface area (Å²) in [5.74, 6) is 0.752. The predicted molar refractivity (Wildman–Crippen MR) is 128 cm³/mol. The zero-order valence-electron chi connectivity index (χ0n) is 17.6. The Labute approximate surface area is 199 Å². The van der Waals surface area contributed by atoms with Crippen LogP contribution in [0.25, 0.3) is 10.9 Å². The summed E-state index contributed by atoms with van der Waals surface area (Å²) in [5, 5.41) is 15.2. The SMILES string of the molecule is CCOc1cc(C=Nn2c(=O)[nH]c3ccccc3c2=O)cc(Br)c1Oc1ccc([N+](=O)[O-])cn1. The number of nitrogens with one attached hydrogen (secondary N) is 1. The molecule has 2 heterocycles. The number of aromatic nitrogens is 3. The van der Waals surface area contributed by atoms with E-state index in [0.717, 1.165) is 10.9 Å². The highest BCUT2D eigenvalue weighted by molar-refractivity contribution is 9.10. The number of H-pyrrole nitrogens is 1. The maximum absolute atomic E-state index is 12.7. The van der Waals surface area contributed by atoms with Crippen molar-refractivity contribution in [2.75, 3.05) is 6.61 Å². The number of fused-ring (bicyclic) bond motifs is 1. The van der Waals surface area contributed by atoms with Crippen molar-refractivity contribution in [3.8, 4) is 17.4 Å². The van der Waals surface area contributed by atoms with Gasteiger partial charge in [0.2, 0.25) is 5.88 Å². The summed E-state index contributed by atoms with van der Waals surface area (Å²) in [4.78, 5) is 41.8. The van der Waals surface area contributed by atoms with Crippen LogP contribution < -0.4 is 20.7 Å². The Morgan fingerprint density at radius 1 is 1.24 bits per heavy atom. The van der Waals surface area contributed by atoms with Crippen molar-refractivity contribution in [3.63, 3.8) is 0 Å². The third-order valence-corrected chi connectivity index (χ3v) is 5.17. The molecule has 2 aromatic carbocycles. The fourth-order valence-corrected chi connectivity index (χ4v) is 3.59. The summed E-state index contributed by atoms with van der Waals surface area (Å²) >= 11 is 3.41. The number of nitrogens with zero attached hydrogens (tertiary/aromatic N) is 4. The number of halogens is 1. The minimum atomic E-state index is -0.673. The summed E-state index contributed by atoms with van der Waals surface area (Å²) < 4.78 is 12.6. The molecule has 0 radical (unpaired) electrons. The van der Waals surface area contributed by atoms with Gasteiger partial charge in [0.15, 0.2) is 11.5 Å². The van der Waals surface area contributed by atoms with Crippen molar-refractivity contribution < 1.29 is 14.4 Å². The molecule has 0 saturated carbocycles. The molecule has 0 bridgehead atoms. The van der Waals surface area contributed by atoms with Crippen molar-refractivity contribution >= 4 is 38.7 Å². The fourth-order valence-electron chi connectivity index (χ4n) is 3.05. The molecule has 0 unspecified atom stereocenters. The molecule has 12 heteroatoms. The first-order valence-corrected chi connectivity index (χ1v) is 10.7. The van der Waals surface area contributed by atoms with E-state index in [1.54, 1.807) is 43.3 Å². The lowest BCUT2D eigenvalue weighted by molar-refractivity contribution is -0.385. The Kier molecular flexibility index (Phi) is 6.50. The van der Waals surface area contributed by atoms with Crippen LogP contribution in [-0.2, 0) is 0 Å². The normalized spacial score (nSPS) is 11.1. The van der Waals surface area contributed by atoms with Crippen LogP contribution in [0.5, 0.6) is 17.4 Å². The molecule has 172 valence electrons. The molecule has 4 aromatic rings. The summed E-state index contributed by atoms with van der Waals surface area (Å²) in [5.41, 5.74) is -0.454. The Morgan fingerprint density at radius 2 is 2.03 bits per heavy atom. The van der Waals surface area contributed by atoms with Crippen LogP contribution in [0, 0.1) is 10.1 Å². The first-order chi connectivity index (χ1) is 16.4. The van der Waals surface area contributed by atoms with E-state index in [9.17, 15) is 19.7 Å². The minimum Gasteiger partial charge on any atom is -0.490 e. The van der Waals surface area contributed by atoms with Gasteiger partial charge in [-0.15, -0.1) is 4.68 Å². The van der Waals surface area contributed by atoms with E-state index < -0.39 is 16.2 Å². The number of rotatable bonds is 7. The van der Waals surface area contributed by atoms with E-state index in [4.69, 9.17) is 9.47 Å². The summed E-state index contributed by atoms with van der Waals surface area (Å²) in [6.07, 6.45) is 2.43. The Hall–Kier alpha value is -4.32. The summed E-state index contributed by atoms with van der Waals surface area (Å²) in [6, 6.07) is 12.5. The smallest absolute Gasteiger partial charge is 0.349 e. The minimum absolute atomic E-state index is 0.128. The highest BCUT2D eigenvalue weighted by Gasteiger charge is 2.15. The molecule has 2 aromatic heterocycles.